The van der Waals surface area contributed by atoms with Crippen LogP contribution in [0.1, 0.15) is 65.3 Å². The van der Waals surface area contributed by atoms with Gasteiger partial charge in [-0.2, -0.15) is 0 Å². The van der Waals surface area contributed by atoms with Gasteiger partial charge in [0.15, 0.2) is 25.2 Å². The van der Waals surface area contributed by atoms with Gasteiger partial charge < -0.3 is 80.6 Å². The number of aliphatic hydroxyl groups is 1. The molecule has 0 aliphatic carbocycles. The Labute approximate surface area is 647 Å². The van der Waals surface area contributed by atoms with Crippen LogP contribution in [0.3, 0.4) is 0 Å². The van der Waals surface area contributed by atoms with E-state index in [-0.39, 0.29) is 72.7 Å². The number of rotatable bonds is 38. The Balaban J connectivity index is 0.859. The van der Waals surface area contributed by atoms with Crippen LogP contribution in [-0.2, 0) is 128 Å². The molecule has 0 bridgehead atoms. The van der Waals surface area contributed by atoms with Gasteiger partial charge >= 0.3 is 0 Å². The highest BCUT2D eigenvalue weighted by atomic mass is 28.4. The molecule has 17 nitrogen and oxygen atoms in total. The molecule has 4 heterocycles. The van der Waals surface area contributed by atoms with Gasteiger partial charge in [0.2, 0.25) is 0 Å². The SMILES string of the molecule is CC(C)(C)[Si](OC[C@H]1O[C@H](OC[C@H]2O[C@H](O)[C@@H](OCc3ccccc3)[C@@H]2OCc2ccccc2)[C@@H](OCc2ccccc2)[C@@H]1O[C@H]1O[C@H](COCc2ccccc2)[C@@H](OCc2ccccc2)[C@@H]1O[C@@H]1O[C@H](COCc2ccccc2)[C@@H](OCc2ccccc2)[C@@H]1OCc1ccccc1)(c1ccccc1)c1ccccc1. The quantitative estimate of drug-likeness (QED) is 0.0363. The first-order chi connectivity index (χ1) is 54.1. The first kappa shape index (κ1) is 78.4. The van der Waals surface area contributed by atoms with Crippen molar-refractivity contribution < 1.29 is 80.6 Å². The molecule has 4 aliphatic heterocycles. The van der Waals surface area contributed by atoms with Crippen LogP contribution in [0.2, 0.25) is 5.04 Å². The monoisotopic (exact) mass is 1500 g/mol. The van der Waals surface area contributed by atoms with E-state index in [0.29, 0.717) is 6.61 Å². The molecular formula is C92H100O17Si. The van der Waals surface area contributed by atoms with Crippen molar-refractivity contribution in [1.82, 2.24) is 0 Å². The normalized spacial score (nSPS) is 25.5. The molecule has 18 heteroatoms. The summed E-state index contributed by atoms with van der Waals surface area (Å²) in [6.07, 6.45) is -15.7. The lowest BCUT2D eigenvalue weighted by Gasteiger charge is -2.43. The lowest BCUT2D eigenvalue weighted by molar-refractivity contribution is -0.272. The minimum Gasteiger partial charge on any atom is -0.405 e. The summed E-state index contributed by atoms with van der Waals surface area (Å²) >= 11 is 0. The average molecular weight is 1510 g/mol. The maximum absolute atomic E-state index is 11.9. The van der Waals surface area contributed by atoms with E-state index in [2.05, 4.69) is 69.3 Å². The van der Waals surface area contributed by atoms with Crippen molar-refractivity contribution in [3.05, 3.63) is 348 Å². The van der Waals surface area contributed by atoms with Crippen LogP contribution in [-0.4, -0.2) is 138 Å². The summed E-state index contributed by atoms with van der Waals surface area (Å²) in [6, 6.07) is 101. The third kappa shape index (κ3) is 20.5. The van der Waals surface area contributed by atoms with Crippen molar-refractivity contribution in [2.75, 3.05) is 26.4 Å². The zero-order chi connectivity index (χ0) is 75.2. The molecule has 4 aliphatic rings. The zero-order valence-corrected chi connectivity index (χ0v) is 63.6. The second-order valence-corrected chi connectivity index (χ2v) is 33.6. The summed E-state index contributed by atoms with van der Waals surface area (Å²) in [4.78, 5) is 0. The smallest absolute Gasteiger partial charge is 0.261 e. The Bertz CT molecular complexity index is 4210. The molecule has 110 heavy (non-hydrogen) atoms. The number of benzene rings is 10. The first-order valence-electron chi connectivity index (χ1n) is 38.2. The van der Waals surface area contributed by atoms with E-state index >= 15 is 0 Å². The van der Waals surface area contributed by atoms with Crippen LogP contribution in [0.15, 0.2) is 303 Å². The van der Waals surface area contributed by atoms with Crippen molar-refractivity contribution in [2.45, 2.75) is 177 Å². The molecule has 10 aromatic carbocycles. The van der Waals surface area contributed by atoms with E-state index in [0.717, 1.165) is 54.9 Å². The Kier molecular flexibility index (Phi) is 28.0. The Morgan fingerprint density at radius 1 is 0.264 bits per heavy atom. The second-order valence-electron chi connectivity index (χ2n) is 29.3. The molecular weight excluding hydrogens is 1410 g/mol. The fraction of sp³-hybridized carbons (Fsp3) is 0.348. The first-order valence-corrected chi connectivity index (χ1v) is 40.1. The van der Waals surface area contributed by atoms with Gasteiger partial charge in [-0.3, -0.25) is 0 Å². The van der Waals surface area contributed by atoms with Crippen molar-refractivity contribution in [3.63, 3.8) is 0 Å². The lowest BCUT2D eigenvalue weighted by Crippen LogP contribution is -2.67. The molecule has 4 fully saturated rings. The number of aliphatic hydroxyl groups excluding tert-OH is 1. The molecule has 14 rings (SSSR count). The van der Waals surface area contributed by atoms with Gasteiger partial charge in [-0.05, 0) is 59.9 Å². The highest BCUT2D eigenvalue weighted by Crippen LogP contribution is 2.42. The Morgan fingerprint density at radius 2 is 0.527 bits per heavy atom. The topological polar surface area (TPSA) is 168 Å². The summed E-state index contributed by atoms with van der Waals surface area (Å²) in [5.41, 5.74) is 7.55. The summed E-state index contributed by atoms with van der Waals surface area (Å²) in [5, 5.41) is 13.6. The minimum absolute atomic E-state index is 0.0120. The molecule has 16 atom stereocenters. The Hall–Kier alpha value is -8.26. The van der Waals surface area contributed by atoms with Gasteiger partial charge in [-0.1, -0.05) is 324 Å². The predicted molar refractivity (Wildman–Crippen MR) is 418 cm³/mol. The van der Waals surface area contributed by atoms with Crippen molar-refractivity contribution in [1.29, 1.82) is 0 Å². The molecule has 0 unspecified atom stereocenters. The van der Waals surface area contributed by atoms with Crippen LogP contribution >= 0.6 is 0 Å². The van der Waals surface area contributed by atoms with Gasteiger partial charge in [-0.25, -0.2) is 0 Å². The minimum atomic E-state index is -3.34. The van der Waals surface area contributed by atoms with Gasteiger partial charge in [-0.15, -0.1) is 0 Å². The third-order valence-electron chi connectivity index (χ3n) is 20.5. The van der Waals surface area contributed by atoms with Crippen LogP contribution in [0.25, 0.3) is 0 Å². The van der Waals surface area contributed by atoms with Gasteiger partial charge in [0, 0.05) is 0 Å². The van der Waals surface area contributed by atoms with Crippen molar-refractivity contribution >= 4 is 18.7 Å². The number of hydrogen-bond donors (Lipinski definition) is 1. The summed E-state index contributed by atoms with van der Waals surface area (Å²) in [7, 11) is -3.34. The molecule has 0 saturated carbocycles. The molecule has 0 aromatic heterocycles. The zero-order valence-electron chi connectivity index (χ0n) is 62.6. The molecule has 0 spiro atoms. The lowest BCUT2D eigenvalue weighted by atomic mass is 10.1. The summed E-state index contributed by atoms with van der Waals surface area (Å²) < 4.78 is 115. The third-order valence-corrected chi connectivity index (χ3v) is 25.5. The van der Waals surface area contributed by atoms with Crippen molar-refractivity contribution in [2.24, 2.45) is 0 Å². The van der Waals surface area contributed by atoms with Gasteiger partial charge in [0.1, 0.15) is 73.2 Å². The predicted octanol–water partition coefficient (Wildman–Crippen LogP) is 14.2. The van der Waals surface area contributed by atoms with Crippen LogP contribution in [0, 0.1) is 0 Å². The molecule has 4 saturated heterocycles. The molecule has 574 valence electrons. The Morgan fingerprint density at radius 3 is 0.891 bits per heavy atom. The van der Waals surface area contributed by atoms with Crippen molar-refractivity contribution in [3.8, 4) is 0 Å². The van der Waals surface area contributed by atoms with Gasteiger partial charge in [0.05, 0.1) is 79.3 Å². The van der Waals surface area contributed by atoms with E-state index in [1.807, 2.05) is 255 Å². The van der Waals surface area contributed by atoms with E-state index < -0.39 is 112 Å². The van der Waals surface area contributed by atoms with Crippen LogP contribution in [0.4, 0.5) is 0 Å². The second kappa shape index (κ2) is 39.3. The summed E-state index contributed by atoms with van der Waals surface area (Å²) in [5.74, 6) is 0. The molecule has 10 aromatic rings. The average Bonchev–Trinajstić information content (AvgIpc) is 1.68. The molecule has 0 radical (unpaired) electrons. The number of hydrogen-bond acceptors (Lipinski definition) is 17. The maximum atomic E-state index is 11.9. The van der Waals surface area contributed by atoms with E-state index in [1.165, 1.54) is 0 Å². The fourth-order valence-electron chi connectivity index (χ4n) is 14.9. The molecule has 1 N–H and O–H groups in total. The summed E-state index contributed by atoms with van der Waals surface area (Å²) in [6.45, 7) is 8.50. The standard InChI is InChI=1S/C92H100O17Si/c1-92(2,3)110(74-50-30-12-31-51-74,75-52-32-13-33-53-75)103-65-79-83(86(101-61-73-48-28-11-29-49-73)89(105-79)102-64-78-80(96-56-68-38-18-6-19-39-68)84(88(93)104-78)99-59-71-44-24-9-25-45-71)108-91-87(82(98-58-70-42-22-8-23-43-70)77(107-91)63-95-55-67-36-16-5-17-37-67)109-90-85(100-60-72-46-26-10-27-47-72)81(97-57-69-40-20-7-21-41-69)76(106-90)62-94-54-66-34-14-4-15-35-66/h4-53,76-91,93H,54-65H2,1-3H3/t76-,77-,78-,79-,80-,81-,82-,83-,84+,85+,86+,87+,88+,89+,90+,91-/m1/s1. The fourth-order valence-corrected chi connectivity index (χ4v) is 19.5. The maximum Gasteiger partial charge on any atom is 0.261 e. The van der Waals surface area contributed by atoms with E-state index in [9.17, 15) is 5.11 Å². The van der Waals surface area contributed by atoms with E-state index in [1.54, 1.807) is 0 Å². The highest BCUT2D eigenvalue weighted by Gasteiger charge is 2.59. The number of ether oxygens (including phenoxy) is 15. The largest absolute Gasteiger partial charge is 0.405 e. The highest BCUT2D eigenvalue weighted by molar-refractivity contribution is 6.99. The van der Waals surface area contributed by atoms with Crippen LogP contribution < -0.4 is 10.4 Å². The van der Waals surface area contributed by atoms with Gasteiger partial charge in [0.25, 0.3) is 8.32 Å². The van der Waals surface area contributed by atoms with E-state index in [4.69, 9.17) is 75.5 Å². The molecule has 0 amide bonds. The van der Waals surface area contributed by atoms with Crippen LogP contribution in [0.5, 0.6) is 0 Å².